The van der Waals surface area contributed by atoms with Gasteiger partial charge in [-0.3, -0.25) is 9.52 Å². The Morgan fingerprint density at radius 1 is 1.00 bits per heavy atom. The topological polar surface area (TPSA) is 91.1 Å². The van der Waals surface area contributed by atoms with E-state index in [1.807, 2.05) is 12.1 Å². The molecule has 0 saturated heterocycles. The number of H-pyrrole nitrogens is 1. The number of nitrogens with one attached hydrogen (secondary N) is 3. The molecule has 0 aliphatic rings. The van der Waals surface area contributed by atoms with Gasteiger partial charge in [0.15, 0.2) is 0 Å². The quantitative estimate of drug-likeness (QED) is 0.667. The Kier molecular flexibility index (Phi) is 4.26. The van der Waals surface area contributed by atoms with Gasteiger partial charge in [0.25, 0.3) is 10.0 Å². The average molecular weight is 357 g/mol. The summed E-state index contributed by atoms with van der Waals surface area (Å²) in [4.78, 5) is 14.5. The molecule has 0 saturated carbocycles. The van der Waals surface area contributed by atoms with Gasteiger partial charge in [-0.1, -0.05) is 0 Å². The lowest BCUT2D eigenvalue weighted by atomic mass is 10.1. The zero-order chi connectivity index (χ0) is 18.2. The number of hydrogen-bond acceptors (Lipinski definition) is 3. The Balaban J connectivity index is 1.97. The van der Waals surface area contributed by atoms with Crippen LogP contribution in [-0.2, 0) is 14.8 Å². The van der Waals surface area contributed by atoms with E-state index in [-0.39, 0.29) is 10.8 Å². The number of hydrogen-bond donors (Lipinski definition) is 3. The number of benzene rings is 2. The van der Waals surface area contributed by atoms with Crippen molar-refractivity contribution in [2.45, 2.75) is 25.7 Å². The summed E-state index contributed by atoms with van der Waals surface area (Å²) < 4.78 is 28.3. The lowest BCUT2D eigenvalue weighted by molar-refractivity contribution is -0.114. The van der Waals surface area contributed by atoms with Crippen LogP contribution in [0.4, 0.5) is 11.4 Å². The summed E-state index contributed by atoms with van der Waals surface area (Å²) in [5.74, 6) is -0.202. The van der Waals surface area contributed by atoms with E-state index >= 15 is 0 Å². The fraction of sp³-hybridized carbons (Fsp3) is 0.167. The molecule has 0 atom stereocenters. The molecule has 3 N–H and O–H groups in total. The van der Waals surface area contributed by atoms with Crippen molar-refractivity contribution < 1.29 is 13.2 Å². The molecule has 6 nitrogen and oxygen atoms in total. The van der Waals surface area contributed by atoms with Crippen molar-refractivity contribution in [1.29, 1.82) is 0 Å². The second-order valence-corrected chi connectivity index (χ2v) is 7.62. The van der Waals surface area contributed by atoms with Crippen LogP contribution in [0.2, 0.25) is 0 Å². The van der Waals surface area contributed by atoms with Crippen LogP contribution in [0.5, 0.6) is 0 Å². The van der Waals surface area contributed by atoms with Gasteiger partial charge < -0.3 is 10.3 Å². The summed E-state index contributed by atoms with van der Waals surface area (Å²) in [6, 6.07) is 10.5. The Hall–Kier alpha value is -2.80. The van der Waals surface area contributed by atoms with Crippen molar-refractivity contribution >= 4 is 38.2 Å². The Morgan fingerprint density at radius 2 is 1.68 bits per heavy atom. The number of carbonyl (C=O) groups excluding carboxylic acids is 1. The zero-order valence-electron chi connectivity index (χ0n) is 14.2. The first-order valence-electron chi connectivity index (χ1n) is 7.75. The Morgan fingerprint density at radius 3 is 2.32 bits per heavy atom. The van der Waals surface area contributed by atoms with E-state index in [0.29, 0.717) is 22.5 Å². The number of sulfonamides is 1. The van der Waals surface area contributed by atoms with Gasteiger partial charge >= 0.3 is 0 Å². The zero-order valence-corrected chi connectivity index (χ0v) is 15.0. The van der Waals surface area contributed by atoms with Crippen LogP contribution in [0.25, 0.3) is 10.9 Å². The van der Waals surface area contributed by atoms with Gasteiger partial charge in [-0.2, -0.15) is 0 Å². The summed E-state index contributed by atoms with van der Waals surface area (Å²) in [6.07, 6.45) is 1.80. The standard InChI is InChI=1S/C18H19N3O3S/c1-11-8-16(20-13(3)22)9-12(2)18(11)25(23,24)21-15-4-5-17-14(10-15)6-7-19-17/h4-10,19,21H,1-3H3,(H,20,22). The minimum Gasteiger partial charge on any atom is -0.361 e. The predicted molar refractivity (Wildman–Crippen MR) is 99.3 cm³/mol. The number of rotatable bonds is 4. The molecule has 2 aromatic carbocycles. The molecular weight excluding hydrogens is 338 g/mol. The maximum atomic E-state index is 12.8. The van der Waals surface area contributed by atoms with Crippen molar-refractivity contribution in [3.63, 3.8) is 0 Å². The highest BCUT2D eigenvalue weighted by molar-refractivity contribution is 7.92. The van der Waals surface area contributed by atoms with Crippen LogP contribution in [-0.4, -0.2) is 19.3 Å². The van der Waals surface area contributed by atoms with Crippen LogP contribution < -0.4 is 10.0 Å². The molecule has 0 aliphatic heterocycles. The molecule has 1 aromatic heterocycles. The number of amides is 1. The molecule has 0 radical (unpaired) electrons. The van der Waals surface area contributed by atoms with Gasteiger partial charge in [0.2, 0.25) is 5.91 Å². The number of fused-ring (bicyclic) bond motifs is 1. The molecule has 0 aliphatic carbocycles. The minimum absolute atomic E-state index is 0.202. The summed E-state index contributed by atoms with van der Waals surface area (Å²) in [5.41, 5.74) is 3.15. The summed E-state index contributed by atoms with van der Waals surface area (Å²) in [7, 11) is -3.74. The van der Waals surface area contributed by atoms with Gasteiger partial charge in [0, 0.05) is 35.4 Å². The van der Waals surface area contributed by atoms with Crippen LogP contribution in [0, 0.1) is 13.8 Å². The average Bonchev–Trinajstić information content (AvgIpc) is 2.92. The molecule has 0 unspecified atom stereocenters. The van der Waals surface area contributed by atoms with E-state index in [9.17, 15) is 13.2 Å². The van der Waals surface area contributed by atoms with Gasteiger partial charge in [0.1, 0.15) is 0 Å². The smallest absolute Gasteiger partial charge is 0.262 e. The molecule has 3 aromatic rings. The SMILES string of the molecule is CC(=O)Nc1cc(C)c(S(=O)(=O)Nc2ccc3[nH]ccc3c2)c(C)c1. The molecule has 1 heterocycles. The number of aromatic nitrogens is 1. The summed E-state index contributed by atoms with van der Waals surface area (Å²) in [5, 5.41) is 3.60. The van der Waals surface area contributed by atoms with E-state index in [1.54, 1.807) is 44.3 Å². The monoisotopic (exact) mass is 357 g/mol. The second-order valence-electron chi connectivity index (χ2n) is 6.01. The molecule has 7 heteroatoms. The van der Waals surface area contributed by atoms with Crippen molar-refractivity contribution in [2.24, 2.45) is 0 Å². The van der Waals surface area contributed by atoms with Gasteiger partial charge in [-0.15, -0.1) is 0 Å². The number of aromatic amines is 1. The van der Waals surface area contributed by atoms with Gasteiger partial charge in [-0.05, 0) is 61.4 Å². The summed E-state index contributed by atoms with van der Waals surface area (Å²) in [6.45, 7) is 4.83. The second kappa shape index (κ2) is 6.25. The minimum atomic E-state index is -3.74. The van der Waals surface area contributed by atoms with E-state index in [0.717, 1.165) is 10.9 Å². The molecular formula is C18H19N3O3S. The largest absolute Gasteiger partial charge is 0.361 e. The fourth-order valence-electron chi connectivity index (χ4n) is 2.97. The highest BCUT2D eigenvalue weighted by Crippen LogP contribution is 2.27. The third-order valence-electron chi connectivity index (χ3n) is 3.85. The maximum Gasteiger partial charge on any atom is 0.262 e. The van der Waals surface area contributed by atoms with Crippen LogP contribution in [0.1, 0.15) is 18.1 Å². The molecule has 0 spiro atoms. The number of anilines is 2. The molecule has 0 fully saturated rings. The van der Waals surface area contributed by atoms with E-state index in [1.165, 1.54) is 6.92 Å². The molecule has 25 heavy (non-hydrogen) atoms. The molecule has 130 valence electrons. The van der Waals surface area contributed by atoms with E-state index in [2.05, 4.69) is 15.0 Å². The van der Waals surface area contributed by atoms with Crippen molar-refractivity contribution in [2.75, 3.05) is 10.0 Å². The molecule has 3 rings (SSSR count). The van der Waals surface area contributed by atoms with Crippen LogP contribution in [0.15, 0.2) is 47.5 Å². The third-order valence-corrected chi connectivity index (χ3v) is 5.54. The molecule has 0 bridgehead atoms. The van der Waals surface area contributed by atoms with Gasteiger partial charge in [-0.25, -0.2) is 8.42 Å². The lowest BCUT2D eigenvalue weighted by Gasteiger charge is -2.15. The van der Waals surface area contributed by atoms with Crippen LogP contribution in [0.3, 0.4) is 0 Å². The van der Waals surface area contributed by atoms with Crippen LogP contribution >= 0.6 is 0 Å². The Labute approximate surface area is 146 Å². The first kappa shape index (κ1) is 17.0. The van der Waals surface area contributed by atoms with Crippen molar-refractivity contribution in [3.05, 3.63) is 53.7 Å². The maximum absolute atomic E-state index is 12.8. The third kappa shape index (κ3) is 3.51. The molecule has 1 amide bonds. The highest BCUT2D eigenvalue weighted by atomic mass is 32.2. The summed E-state index contributed by atoms with van der Waals surface area (Å²) >= 11 is 0. The lowest BCUT2D eigenvalue weighted by Crippen LogP contribution is -2.16. The predicted octanol–water partition coefficient (Wildman–Crippen LogP) is 3.54. The highest BCUT2D eigenvalue weighted by Gasteiger charge is 2.21. The first-order valence-corrected chi connectivity index (χ1v) is 9.23. The first-order chi connectivity index (χ1) is 11.8. The van der Waals surface area contributed by atoms with Crippen molar-refractivity contribution in [3.8, 4) is 0 Å². The van der Waals surface area contributed by atoms with E-state index in [4.69, 9.17) is 0 Å². The van der Waals surface area contributed by atoms with Crippen molar-refractivity contribution in [1.82, 2.24) is 4.98 Å². The number of aryl methyl sites for hydroxylation is 2. The number of carbonyl (C=O) groups is 1. The van der Waals surface area contributed by atoms with E-state index < -0.39 is 10.0 Å². The normalized spacial score (nSPS) is 11.5. The fourth-order valence-corrected chi connectivity index (χ4v) is 4.48. The van der Waals surface area contributed by atoms with Gasteiger partial charge in [0.05, 0.1) is 4.90 Å². The Bertz CT molecular complexity index is 1050.